The van der Waals surface area contributed by atoms with Gasteiger partial charge in [-0.3, -0.25) is 4.90 Å². The predicted molar refractivity (Wildman–Crippen MR) is 93.5 cm³/mol. The van der Waals surface area contributed by atoms with Crippen LogP contribution in [0.5, 0.6) is 11.5 Å². The average Bonchev–Trinajstić information content (AvgIpc) is 2.89. The number of aryl methyl sites for hydroxylation is 2. The summed E-state index contributed by atoms with van der Waals surface area (Å²) in [7, 11) is 1.65. The molecule has 2 aromatic rings. The average molecular weight is 329 g/mol. The molecular weight excluding hydrogens is 306 g/mol. The molecule has 0 amide bonds. The molecule has 3 heterocycles. The van der Waals surface area contributed by atoms with Crippen LogP contribution >= 0.6 is 11.3 Å². The SMILES string of the molecule is CCc1cc2c(s1)CCN1Cc3c(ccc(O)c3OC)CC[C@@H]21. The Labute approximate surface area is 141 Å². The highest BCUT2D eigenvalue weighted by Gasteiger charge is 2.32. The van der Waals surface area contributed by atoms with Gasteiger partial charge in [0.1, 0.15) is 0 Å². The zero-order chi connectivity index (χ0) is 16.0. The summed E-state index contributed by atoms with van der Waals surface area (Å²) >= 11 is 2.00. The fraction of sp³-hybridized carbons (Fsp3) is 0.474. The van der Waals surface area contributed by atoms with E-state index in [1.807, 2.05) is 11.3 Å². The van der Waals surface area contributed by atoms with Crippen molar-refractivity contribution in [3.8, 4) is 11.5 Å². The van der Waals surface area contributed by atoms with E-state index >= 15 is 0 Å². The summed E-state index contributed by atoms with van der Waals surface area (Å²) in [6, 6.07) is 6.78. The van der Waals surface area contributed by atoms with Crippen molar-refractivity contribution in [2.24, 2.45) is 0 Å². The van der Waals surface area contributed by atoms with Crippen molar-refractivity contribution in [3.63, 3.8) is 0 Å². The highest BCUT2D eigenvalue weighted by Crippen LogP contribution is 2.43. The largest absolute Gasteiger partial charge is 0.504 e. The molecule has 122 valence electrons. The fourth-order valence-corrected chi connectivity index (χ4v) is 5.22. The van der Waals surface area contributed by atoms with Crippen LogP contribution in [0.1, 0.15) is 45.8 Å². The van der Waals surface area contributed by atoms with Gasteiger partial charge in [-0.25, -0.2) is 0 Å². The number of aromatic hydroxyl groups is 1. The van der Waals surface area contributed by atoms with Gasteiger partial charge in [0.2, 0.25) is 0 Å². The lowest BCUT2D eigenvalue weighted by Gasteiger charge is -2.34. The zero-order valence-corrected chi connectivity index (χ0v) is 14.6. The van der Waals surface area contributed by atoms with Gasteiger partial charge in [-0.05, 0) is 48.9 Å². The molecule has 23 heavy (non-hydrogen) atoms. The summed E-state index contributed by atoms with van der Waals surface area (Å²) in [5.74, 6) is 0.916. The van der Waals surface area contributed by atoms with E-state index in [-0.39, 0.29) is 5.75 Å². The molecule has 0 aliphatic carbocycles. The van der Waals surface area contributed by atoms with Crippen LogP contribution in [0.15, 0.2) is 18.2 Å². The molecule has 0 spiro atoms. The summed E-state index contributed by atoms with van der Waals surface area (Å²) in [5, 5.41) is 10.1. The number of nitrogens with zero attached hydrogens (tertiary/aromatic N) is 1. The van der Waals surface area contributed by atoms with Gasteiger partial charge >= 0.3 is 0 Å². The van der Waals surface area contributed by atoms with E-state index in [9.17, 15) is 5.11 Å². The second kappa shape index (κ2) is 5.84. The first-order valence-corrected chi connectivity index (χ1v) is 9.26. The molecule has 1 aromatic heterocycles. The lowest BCUT2D eigenvalue weighted by Crippen LogP contribution is -2.33. The van der Waals surface area contributed by atoms with Crippen molar-refractivity contribution in [2.45, 2.75) is 45.2 Å². The smallest absolute Gasteiger partial charge is 0.165 e. The van der Waals surface area contributed by atoms with Gasteiger partial charge in [0.15, 0.2) is 11.5 Å². The van der Waals surface area contributed by atoms with E-state index < -0.39 is 0 Å². The van der Waals surface area contributed by atoms with Gasteiger partial charge in [0.05, 0.1) is 7.11 Å². The number of methoxy groups -OCH3 is 1. The lowest BCUT2D eigenvalue weighted by atomic mass is 9.95. The molecule has 2 aliphatic heterocycles. The number of thiophene rings is 1. The van der Waals surface area contributed by atoms with Gasteiger partial charge < -0.3 is 9.84 Å². The van der Waals surface area contributed by atoms with Crippen LogP contribution in [-0.4, -0.2) is 23.7 Å². The molecule has 0 bridgehead atoms. The first-order valence-electron chi connectivity index (χ1n) is 8.44. The maximum Gasteiger partial charge on any atom is 0.165 e. The lowest BCUT2D eigenvalue weighted by molar-refractivity contribution is 0.173. The molecule has 0 unspecified atom stereocenters. The van der Waals surface area contributed by atoms with Crippen molar-refractivity contribution in [2.75, 3.05) is 13.7 Å². The van der Waals surface area contributed by atoms with Crippen molar-refractivity contribution in [1.29, 1.82) is 0 Å². The molecule has 1 atom stereocenters. The molecule has 1 aromatic carbocycles. The van der Waals surface area contributed by atoms with E-state index in [1.54, 1.807) is 23.6 Å². The number of phenols is 1. The minimum absolute atomic E-state index is 0.256. The van der Waals surface area contributed by atoms with E-state index in [0.29, 0.717) is 11.8 Å². The molecule has 1 N–H and O–H groups in total. The topological polar surface area (TPSA) is 32.7 Å². The molecular formula is C19H23NO2S. The quantitative estimate of drug-likeness (QED) is 0.901. The molecule has 3 nitrogen and oxygen atoms in total. The Morgan fingerprint density at radius 1 is 1.35 bits per heavy atom. The second-order valence-electron chi connectivity index (χ2n) is 6.48. The van der Waals surface area contributed by atoms with Crippen LogP contribution in [0.25, 0.3) is 0 Å². The van der Waals surface area contributed by atoms with Gasteiger partial charge in [0.25, 0.3) is 0 Å². The van der Waals surface area contributed by atoms with Crippen molar-refractivity contribution in [3.05, 3.63) is 44.6 Å². The minimum Gasteiger partial charge on any atom is -0.504 e. The number of ether oxygens (including phenoxy) is 1. The van der Waals surface area contributed by atoms with Crippen LogP contribution in [0, 0.1) is 0 Å². The minimum atomic E-state index is 0.256. The maximum absolute atomic E-state index is 10.1. The second-order valence-corrected chi connectivity index (χ2v) is 7.70. The zero-order valence-electron chi connectivity index (χ0n) is 13.8. The number of hydrogen-bond acceptors (Lipinski definition) is 4. The molecule has 4 heteroatoms. The molecule has 0 radical (unpaired) electrons. The predicted octanol–water partition coefficient (Wildman–Crippen LogP) is 4.07. The van der Waals surface area contributed by atoms with Gasteiger partial charge in [-0.15, -0.1) is 11.3 Å². The molecule has 2 aliphatic rings. The standard InChI is InChI=1S/C19H23NO2S/c1-3-13-10-14-16-6-4-12-5-7-17(21)19(22-2)15(12)11-20(16)9-8-18(14)23-13/h5,7,10,16,21H,3-4,6,8-9,11H2,1-2H3/t16-/m0/s1. The van der Waals surface area contributed by atoms with Gasteiger partial charge in [-0.2, -0.15) is 0 Å². The Kier molecular flexibility index (Phi) is 3.82. The first-order chi connectivity index (χ1) is 11.2. The van der Waals surface area contributed by atoms with E-state index in [4.69, 9.17) is 4.74 Å². The Hall–Kier alpha value is -1.52. The highest BCUT2D eigenvalue weighted by molar-refractivity contribution is 7.12. The molecule has 0 saturated carbocycles. The Balaban J connectivity index is 1.73. The summed E-state index contributed by atoms with van der Waals surface area (Å²) in [6.45, 7) is 4.21. The Morgan fingerprint density at radius 2 is 2.22 bits per heavy atom. The summed E-state index contributed by atoms with van der Waals surface area (Å²) < 4.78 is 5.50. The third-order valence-corrected chi connectivity index (χ3v) is 6.61. The Morgan fingerprint density at radius 3 is 3.00 bits per heavy atom. The molecule has 0 fully saturated rings. The van der Waals surface area contributed by atoms with Crippen molar-refractivity contribution in [1.82, 2.24) is 4.90 Å². The number of fused-ring (bicyclic) bond motifs is 4. The van der Waals surface area contributed by atoms with E-state index in [0.717, 1.165) is 38.8 Å². The van der Waals surface area contributed by atoms with Crippen molar-refractivity contribution < 1.29 is 9.84 Å². The normalized spacial score (nSPS) is 20.3. The summed E-state index contributed by atoms with van der Waals surface area (Å²) in [6.07, 6.45) is 4.47. The number of phenolic OH excluding ortho intramolecular Hbond substituents is 1. The molecule has 4 rings (SSSR count). The monoisotopic (exact) mass is 329 g/mol. The third kappa shape index (κ3) is 2.45. The number of hydrogen-bond donors (Lipinski definition) is 1. The van der Waals surface area contributed by atoms with Gasteiger partial charge in [-0.1, -0.05) is 13.0 Å². The Bertz CT molecular complexity index is 737. The number of rotatable bonds is 2. The van der Waals surface area contributed by atoms with Crippen molar-refractivity contribution >= 4 is 11.3 Å². The highest BCUT2D eigenvalue weighted by atomic mass is 32.1. The number of benzene rings is 1. The van der Waals surface area contributed by atoms with Gasteiger partial charge in [0, 0.05) is 34.4 Å². The van der Waals surface area contributed by atoms with Crippen LogP contribution in [0.3, 0.4) is 0 Å². The van der Waals surface area contributed by atoms with Crippen LogP contribution in [-0.2, 0) is 25.8 Å². The maximum atomic E-state index is 10.1. The summed E-state index contributed by atoms with van der Waals surface area (Å²) in [4.78, 5) is 5.67. The fourth-order valence-electron chi connectivity index (χ4n) is 4.06. The van der Waals surface area contributed by atoms with Crippen LogP contribution < -0.4 is 4.74 Å². The molecule has 0 saturated heterocycles. The first kappa shape index (κ1) is 15.0. The van der Waals surface area contributed by atoms with Crippen LogP contribution in [0.4, 0.5) is 0 Å². The van der Waals surface area contributed by atoms with E-state index in [1.165, 1.54) is 16.0 Å². The van der Waals surface area contributed by atoms with E-state index in [2.05, 4.69) is 24.0 Å². The van der Waals surface area contributed by atoms with Crippen LogP contribution in [0.2, 0.25) is 0 Å². The summed E-state index contributed by atoms with van der Waals surface area (Å²) in [5.41, 5.74) is 4.04. The third-order valence-electron chi connectivity index (χ3n) is 5.26.